The Hall–Kier alpha value is -14.2. The third-order valence-corrected chi connectivity index (χ3v) is 21.5. The molecule has 0 aliphatic rings. The normalized spacial score (nSPS) is 10.7. The summed E-state index contributed by atoms with van der Waals surface area (Å²) in [5.41, 5.74) is 26.6. The molecule has 1 nitrogen and oxygen atoms in total. The Balaban J connectivity index is 0.000000106. The molecular weight excluding hydrogens is 1400 g/mol. The van der Waals surface area contributed by atoms with Crippen molar-refractivity contribution >= 4 is 86.6 Å². The van der Waals surface area contributed by atoms with E-state index in [0.717, 1.165) is 11.2 Å². The molecule has 21 rings (SSSR count). The Labute approximate surface area is 683 Å². The number of fused-ring (bicyclic) bond motifs is 9. The predicted octanol–water partition coefficient (Wildman–Crippen LogP) is 32.8. The third-order valence-electron chi connectivity index (χ3n) is 21.5. The molecule has 20 aromatic carbocycles. The molecule has 0 amide bonds. The van der Waals surface area contributed by atoms with E-state index in [1.807, 2.05) is 30.3 Å². The zero-order valence-electron chi connectivity index (χ0n) is 67.1. The molecule has 0 saturated carbocycles. The lowest BCUT2D eigenvalue weighted by molar-refractivity contribution is 0.669. The van der Waals surface area contributed by atoms with E-state index in [2.05, 4.69) is 461 Å². The number of aryl methyl sites for hydroxylation is 7. The maximum atomic E-state index is 5.71. The van der Waals surface area contributed by atoms with Gasteiger partial charge in [-0.2, -0.15) is 0 Å². The van der Waals surface area contributed by atoms with Crippen LogP contribution in [0.25, 0.3) is 153 Å². The van der Waals surface area contributed by atoms with E-state index in [1.54, 1.807) is 0 Å². The molecule has 0 spiro atoms. The first-order valence-corrected chi connectivity index (χ1v) is 40.1. The fourth-order valence-electron chi connectivity index (χ4n) is 15.3. The van der Waals surface area contributed by atoms with E-state index < -0.39 is 0 Å². The molecule has 1 aromatic heterocycles. The minimum absolute atomic E-state index is 0.966. The number of benzene rings is 20. The van der Waals surface area contributed by atoms with Gasteiger partial charge in [0, 0.05) is 10.8 Å². The molecule has 0 aliphatic heterocycles. The van der Waals surface area contributed by atoms with E-state index in [1.165, 1.54) is 181 Å². The Bertz CT molecular complexity index is 6880. The molecule has 0 radical (unpaired) electrons. The van der Waals surface area contributed by atoms with Crippen molar-refractivity contribution in [2.24, 2.45) is 0 Å². The van der Waals surface area contributed by atoms with Crippen LogP contribution in [0.2, 0.25) is 0 Å². The standard InChI is InChI=1S/6C17H14.C13H10O/c1-13-6-2-5-9-17(13)16-11-10-14-7-3-4-8-15(14)12-16;1-13-5-4-8-15(11-13)17-10-9-14-6-2-3-7-16(14)12-17;1-13-7-5-10-15-11-6-12-16(17(13)15)14-8-3-2-4-9-14;1-13-11-12-14-7-5-6-10-16(14)17(13)15-8-3-2-4-9-15;1-13-6-8-15(9-7-13)17-11-10-14-4-2-3-5-16(14)12-17;1-13-7-8-17-12-16(10-9-15(17)11-13)14-5-3-2-4-6-14;1-9-6-7-13-11(8-9)10-4-2-3-5-12(10)14-13/h6*2-12H,1H3;2-8H,1H3. The highest BCUT2D eigenvalue weighted by Crippen LogP contribution is 2.36. The van der Waals surface area contributed by atoms with Crippen molar-refractivity contribution in [3.05, 3.63) is 482 Å². The molecule has 21 aromatic rings. The first-order valence-electron chi connectivity index (χ1n) is 40.1. The third kappa shape index (κ3) is 18.9. The summed E-state index contributed by atoms with van der Waals surface area (Å²) in [6, 6.07) is 156. The maximum Gasteiger partial charge on any atom is 0.135 e. The summed E-state index contributed by atoms with van der Waals surface area (Å²) in [5.74, 6) is 0. The largest absolute Gasteiger partial charge is 0.456 e. The molecule has 0 N–H and O–H groups in total. The molecule has 116 heavy (non-hydrogen) atoms. The molecule has 0 bridgehead atoms. The molecular formula is C115H94O. The highest BCUT2D eigenvalue weighted by Gasteiger charge is 2.11. The number of furan rings is 1. The molecule has 0 atom stereocenters. The fraction of sp³-hybridized carbons (Fsp3) is 0.0609. The van der Waals surface area contributed by atoms with Crippen molar-refractivity contribution in [2.45, 2.75) is 48.5 Å². The topological polar surface area (TPSA) is 13.1 Å². The Morgan fingerprint density at radius 2 is 0.517 bits per heavy atom. The summed E-state index contributed by atoms with van der Waals surface area (Å²) in [6.45, 7) is 15.0. The first kappa shape index (κ1) is 77.1. The maximum absolute atomic E-state index is 5.71. The molecule has 1 heteroatoms. The summed E-state index contributed by atoms with van der Waals surface area (Å²) in [5, 5.41) is 18.1. The zero-order valence-corrected chi connectivity index (χ0v) is 67.1. The van der Waals surface area contributed by atoms with Gasteiger partial charge in [0.2, 0.25) is 0 Å². The van der Waals surface area contributed by atoms with E-state index >= 15 is 0 Å². The van der Waals surface area contributed by atoms with Crippen molar-refractivity contribution < 1.29 is 4.42 Å². The highest BCUT2D eigenvalue weighted by molar-refractivity contribution is 6.05. The van der Waals surface area contributed by atoms with Gasteiger partial charge in [0.05, 0.1) is 0 Å². The molecule has 0 unspecified atom stereocenters. The van der Waals surface area contributed by atoms with Gasteiger partial charge in [-0.15, -0.1) is 0 Å². The van der Waals surface area contributed by atoms with Crippen LogP contribution in [0.3, 0.4) is 0 Å². The summed E-state index contributed by atoms with van der Waals surface area (Å²) < 4.78 is 5.71. The lowest BCUT2D eigenvalue weighted by Gasteiger charge is -2.10. The van der Waals surface area contributed by atoms with Crippen LogP contribution in [-0.4, -0.2) is 0 Å². The summed E-state index contributed by atoms with van der Waals surface area (Å²) in [6.07, 6.45) is 0. The van der Waals surface area contributed by atoms with Gasteiger partial charge in [-0.05, 0) is 239 Å². The predicted molar refractivity (Wildman–Crippen MR) is 503 cm³/mol. The number of para-hydroxylation sites is 1. The summed E-state index contributed by atoms with van der Waals surface area (Å²) in [4.78, 5) is 0. The molecule has 0 fully saturated rings. The number of hydrogen-bond donors (Lipinski definition) is 0. The van der Waals surface area contributed by atoms with Gasteiger partial charge in [-0.25, -0.2) is 0 Å². The van der Waals surface area contributed by atoms with Gasteiger partial charge in [-0.1, -0.05) is 423 Å². The first-order chi connectivity index (χ1) is 56.9. The molecule has 560 valence electrons. The van der Waals surface area contributed by atoms with Crippen LogP contribution >= 0.6 is 0 Å². The lowest BCUT2D eigenvalue weighted by Crippen LogP contribution is -1.85. The van der Waals surface area contributed by atoms with Crippen molar-refractivity contribution in [1.82, 2.24) is 0 Å². The monoisotopic (exact) mass is 1490 g/mol. The zero-order chi connectivity index (χ0) is 79.5. The lowest BCUT2D eigenvalue weighted by atomic mass is 9.94. The van der Waals surface area contributed by atoms with Gasteiger partial charge < -0.3 is 4.42 Å². The van der Waals surface area contributed by atoms with Crippen molar-refractivity contribution in [2.75, 3.05) is 0 Å². The van der Waals surface area contributed by atoms with Crippen molar-refractivity contribution in [3.8, 4) is 66.8 Å². The second-order valence-electron chi connectivity index (χ2n) is 30.0. The van der Waals surface area contributed by atoms with Crippen LogP contribution in [0.15, 0.2) is 447 Å². The smallest absolute Gasteiger partial charge is 0.135 e. The van der Waals surface area contributed by atoms with Crippen LogP contribution in [0.4, 0.5) is 0 Å². The average molecular weight is 1490 g/mol. The SMILES string of the molecule is Cc1ccc(-c2ccc3ccccc3c2)cc1.Cc1ccc2cc(-c3ccccc3)ccc2c1.Cc1ccc2ccccc2c1-c1ccccc1.Cc1ccc2oc3ccccc3c2c1.Cc1cccc(-c2ccc3ccccc3c2)c1.Cc1cccc2cccc(-c3ccccc3)c12.Cc1ccccc1-c1ccc2ccccc2c1. The quantitative estimate of drug-likeness (QED) is 0.162. The van der Waals surface area contributed by atoms with E-state index in [0.29, 0.717) is 0 Å². The summed E-state index contributed by atoms with van der Waals surface area (Å²) >= 11 is 0. The van der Waals surface area contributed by atoms with Gasteiger partial charge in [-0.3, -0.25) is 0 Å². The van der Waals surface area contributed by atoms with Gasteiger partial charge in [0.15, 0.2) is 0 Å². The second-order valence-corrected chi connectivity index (χ2v) is 30.0. The fourth-order valence-corrected chi connectivity index (χ4v) is 15.3. The Morgan fingerprint density at radius 1 is 0.155 bits per heavy atom. The van der Waals surface area contributed by atoms with Gasteiger partial charge in [0.1, 0.15) is 11.2 Å². The Morgan fingerprint density at radius 3 is 1.14 bits per heavy atom. The number of hydrogen-bond acceptors (Lipinski definition) is 1. The van der Waals surface area contributed by atoms with Gasteiger partial charge in [0.25, 0.3) is 0 Å². The van der Waals surface area contributed by atoms with Crippen molar-refractivity contribution in [1.29, 1.82) is 0 Å². The molecule has 1 heterocycles. The van der Waals surface area contributed by atoms with Crippen LogP contribution in [0, 0.1) is 48.5 Å². The van der Waals surface area contributed by atoms with Gasteiger partial charge >= 0.3 is 0 Å². The van der Waals surface area contributed by atoms with E-state index in [-0.39, 0.29) is 0 Å². The van der Waals surface area contributed by atoms with E-state index in [9.17, 15) is 0 Å². The van der Waals surface area contributed by atoms with Crippen LogP contribution in [-0.2, 0) is 0 Å². The molecule has 0 saturated heterocycles. The number of rotatable bonds is 6. The minimum atomic E-state index is 0.966. The summed E-state index contributed by atoms with van der Waals surface area (Å²) in [7, 11) is 0. The molecule has 0 aliphatic carbocycles. The second kappa shape index (κ2) is 36.9. The van der Waals surface area contributed by atoms with Crippen LogP contribution in [0.1, 0.15) is 38.9 Å². The van der Waals surface area contributed by atoms with Crippen LogP contribution < -0.4 is 0 Å². The average Bonchev–Trinajstić information content (AvgIpc) is 1.48. The van der Waals surface area contributed by atoms with Crippen LogP contribution in [0.5, 0.6) is 0 Å². The Kier molecular flexibility index (Phi) is 24.6. The van der Waals surface area contributed by atoms with Crippen molar-refractivity contribution in [3.63, 3.8) is 0 Å². The minimum Gasteiger partial charge on any atom is -0.456 e. The highest BCUT2D eigenvalue weighted by atomic mass is 16.3. The van der Waals surface area contributed by atoms with E-state index in [4.69, 9.17) is 4.42 Å².